The number of hydrogen-bond acceptors (Lipinski definition) is 5. The molecule has 0 spiro atoms. The van der Waals surface area contributed by atoms with E-state index in [0.29, 0.717) is 16.6 Å². The van der Waals surface area contributed by atoms with E-state index in [1.54, 1.807) is 6.07 Å². The summed E-state index contributed by atoms with van der Waals surface area (Å²) in [6.07, 6.45) is 5.22. The fourth-order valence-electron chi connectivity index (χ4n) is 2.25. The van der Waals surface area contributed by atoms with Gasteiger partial charge in [-0.3, -0.25) is 0 Å². The van der Waals surface area contributed by atoms with Crippen molar-refractivity contribution in [1.82, 2.24) is 14.5 Å². The van der Waals surface area contributed by atoms with E-state index in [9.17, 15) is 18.3 Å². The topological polar surface area (TPSA) is 102 Å². The van der Waals surface area contributed by atoms with Crippen LogP contribution in [0, 0.1) is 0 Å². The molecule has 3 aromatic rings. The minimum absolute atomic E-state index is 0.0662. The number of carboxylic acid groups (broad SMARTS) is 1. The lowest BCUT2D eigenvalue weighted by atomic mass is 10.2. The van der Waals surface area contributed by atoms with Gasteiger partial charge in [0.1, 0.15) is 0 Å². The number of nitrogens with zero attached hydrogens (tertiary/aromatic N) is 3. The van der Waals surface area contributed by atoms with Crippen LogP contribution in [0.1, 0.15) is 10.4 Å². The van der Waals surface area contributed by atoms with Crippen molar-refractivity contribution in [3.8, 4) is 5.69 Å². The lowest BCUT2D eigenvalue weighted by molar-refractivity contribution is 0.0699. The van der Waals surface area contributed by atoms with Gasteiger partial charge < -0.3 is 9.67 Å². The van der Waals surface area contributed by atoms with Crippen molar-refractivity contribution in [3.05, 3.63) is 47.5 Å². The molecule has 0 radical (unpaired) electrons. The van der Waals surface area contributed by atoms with E-state index in [1.165, 1.54) is 35.3 Å². The summed E-state index contributed by atoms with van der Waals surface area (Å²) in [7, 11) is -3.41. The molecule has 0 aromatic carbocycles. The Balaban J connectivity index is 2.26. The van der Waals surface area contributed by atoms with E-state index in [2.05, 4.69) is 9.97 Å². The van der Waals surface area contributed by atoms with Gasteiger partial charge in [-0.2, -0.15) is 0 Å². The van der Waals surface area contributed by atoms with Gasteiger partial charge in [0, 0.05) is 24.0 Å². The van der Waals surface area contributed by atoms with E-state index in [4.69, 9.17) is 11.6 Å². The number of carbonyl (C=O) groups is 1. The Labute approximate surface area is 136 Å². The van der Waals surface area contributed by atoms with Gasteiger partial charge in [0.25, 0.3) is 0 Å². The summed E-state index contributed by atoms with van der Waals surface area (Å²) in [6.45, 7) is 0. The highest BCUT2D eigenvalue weighted by Crippen LogP contribution is 2.29. The molecule has 3 aromatic heterocycles. The summed E-state index contributed by atoms with van der Waals surface area (Å²) < 4.78 is 24.4. The van der Waals surface area contributed by atoms with Gasteiger partial charge in [-0.15, -0.1) is 0 Å². The molecular weight excluding hydrogens is 342 g/mol. The van der Waals surface area contributed by atoms with Crippen molar-refractivity contribution in [3.63, 3.8) is 0 Å². The smallest absolute Gasteiger partial charge is 0.337 e. The molecule has 0 saturated heterocycles. The number of pyridine rings is 2. The Morgan fingerprint density at radius 3 is 2.57 bits per heavy atom. The maximum Gasteiger partial charge on any atom is 0.337 e. The van der Waals surface area contributed by atoms with Crippen molar-refractivity contribution >= 4 is 38.3 Å². The Morgan fingerprint density at radius 1 is 1.26 bits per heavy atom. The number of carboxylic acids is 1. The normalized spacial score (nSPS) is 11.7. The Kier molecular flexibility index (Phi) is 3.57. The first-order chi connectivity index (χ1) is 10.8. The molecule has 3 rings (SSSR count). The van der Waals surface area contributed by atoms with Gasteiger partial charge in [-0.1, -0.05) is 11.6 Å². The fourth-order valence-corrected chi connectivity index (χ4v) is 3.06. The molecule has 7 nitrogen and oxygen atoms in total. The van der Waals surface area contributed by atoms with E-state index < -0.39 is 15.8 Å². The summed E-state index contributed by atoms with van der Waals surface area (Å²) >= 11 is 6.09. The summed E-state index contributed by atoms with van der Waals surface area (Å²) in [5.41, 5.74) is 0.960. The first kappa shape index (κ1) is 15.4. The molecule has 0 amide bonds. The molecule has 0 atom stereocenters. The zero-order valence-corrected chi connectivity index (χ0v) is 13.3. The molecule has 0 unspecified atom stereocenters. The summed E-state index contributed by atoms with van der Waals surface area (Å²) in [4.78, 5) is 19.2. The minimum atomic E-state index is -3.41. The SMILES string of the molecule is CS(=O)(=O)c1ccc(-n2cc(C(=O)O)c3ccnc(Cl)c32)cn1. The van der Waals surface area contributed by atoms with Gasteiger partial charge in [0.15, 0.2) is 20.0 Å². The molecule has 0 aliphatic carbocycles. The van der Waals surface area contributed by atoms with Crippen molar-refractivity contribution in [2.75, 3.05) is 6.26 Å². The van der Waals surface area contributed by atoms with E-state index in [1.807, 2.05) is 0 Å². The number of sulfone groups is 1. The Bertz CT molecular complexity index is 1030. The molecule has 9 heteroatoms. The van der Waals surface area contributed by atoms with Gasteiger partial charge >= 0.3 is 5.97 Å². The molecule has 3 heterocycles. The van der Waals surface area contributed by atoms with Crippen molar-refractivity contribution in [1.29, 1.82) is 0 Å². The largest absolute Gasteiger partial charge is 0.478 e. The Morgan fingerprint density at radius 2 is 2.00 bits per heavy atom. The number of aromatic nitrogens is 3. The van der Waals surface area contributed by atoms with Crippen LogP contribution in [0.5, 0.6) is 0 Å². The van der Waals surface area contributed by atoms with Crippen LogP contribution in [0.15, 0.2) is 41.8 Å². The van der Waals surface area contributed by atoms with Crippen molar-refractivity contribution < 1.29 is 18.3 Å². The average Bonchev–Trinajstić information content (AvgIpc) is 2.88. The lowest BCUT2D eigenvalue weighted by Crippen LogP contribution is -2.02. The van der Waals surface area contributed by atoms with Crippen LogP contribution >= 0.6 is 11.6 Å². The highest BCUT2D eigenvalue weighted by atomic mass is 35.5. The van der Waals surface area contributed by atoms with E-state index >= 15 is 0 Å². The first-order valence-electron chi connectivity index (χ1n) is 6.34. The third-order valence-corrected chi connectivity index (χ3v) is 4.56. The molecule has 0 aliphatic heterocycles. The van der Waals surface area contributed by atoms with Crippen molar-refractivity contribution in [2.24, 2.45) is 0 Å². The highest BCUT2D eigenvalue weighted by molar-refractivity contribution is 7.90. The van der Waals surface area contributed by atoms with Crippen LogP contribution < -0.4 is 0 Å². The number of rotatable bonds is 3. The number of fused-ring (bicyclic) bond motifs is 1. The lowest BCUT2D eigenvalue weighted by Gasteiger charge is -2.06. The molecular formula is C14H10ClN3O4S. The van der Waals surface area contributed by atoms with Crippen LogP contribution in [0.25, 0.3) is 16.6 Å². The molecule has 0 aliphatic rings. The number of hydrogen-bond donors (Lipinski definition) is 1. The molecule has 0 fully saturated rings. The first-order valence-corrected chi connectivity index (χ1v) is 8.61. The molecule has 0 bridgehead atoms. The van der Waals surface area contributed by atoms with Gasteiger partial charge in [-0.25, -0.2) is 23.2 Å². The number of halogens is 1. The molecule has 118 valence electrons. The van der Waals surface area contributed by atoms with E-state index in [0.717, 1.165) is 6.26 Å². The van der Waals surface area contributed by atoms with E-state index in [-0.39, 0.29) is 15.7 Å². The molecule has 0 saturated carbocycles. The quantitative estimate of drug-likeness (QED) is 0.725. The van der Waals surface area contributed by atoms with Crippen LogP contribution in [-0.2, 0) is 9.84 Å². The van der Waals surface area contributed by atoms with Gasteiger partial charge in [0.05, 0.1) is 23.0 Å². The maximum atomic E-state index is 11.5. The second-order valence-corrected chi connectivity index (χ2v) is 7.16. The summed E-state index contributed by atoms with van der Waals surface area (Å²) in [5, 5.41) is 9.82. The maximum absolute atomic E-state index is 11.5. The fraction of sp³-hybridized carbons (Fsp3) is 0.0714. The predicted molar refractivity (Wildman–Crippen MR) is 83.9 cm³/mol. The Hall–Kier alpha value is -2.45. The second-order valence-electron chi connectivity index (χ2n) is 4.84. The molecule has 1 N–H and O–H groups in total. The zero-order valence-electron chi connectivity index (χ0n) is 11.8. The van der Waals surface area contributed by atoms with Crippen LogP contribution in [0.3, 0.4) is 0 Å². The van der Waals surface area contributed by atoms with Crippen molar-refractivity contribution in [2.45, 2.75) is 5.03 Å². The van der Waals surface area contributed by atoms with Gasteiger partial charge in [0.2, 0.25) is 0 Å². The highest BCUT2D eigenvalue weighted by Gasteiger charge is 2.18. The summed E-state index contributed by atoms with van der Waals surface area (Å²) in [5.74, 6) is -1.10. The second kappa shape index (κ2) is 5.32. The van der Waals surface area contributed by atoms with Crippen LogP contribution in [0.2, 0.25) is 5.15 Å². The summed E-state index contributed by atoms with van der Waals surface area (Å²) in [6, 6.07) is 4.43. The zero-order chi connectivity index (χ0) is 16.8. The van der Waals surface area contributed by atoms with Crippen LogP contribution in [0.4, 0.5) is 0 Å². The third-order valence-electron chi connectivity index (χ3n) is 3.28. The minimum Gasteiger partial charge on any atom is -0.478 e. The number of aromatic carboxylic acids is 1. The monoisotopic (exact) mass is 351 g/mol. The van der Waals surface area contributed by atoms with Gasteiger partial charge in [-0.05, 0) is 18.2 Å². The van der Waals surface area contributed by atoms with Crippen LogP contribution in [-0.4, -0.2) is 40.3 Å². The average molecular weight is 352 g/mol. The third kappa shape index (κ3) is 2.66. The standard InChI is InChI=1S/C14H10ClN3O4S/c1-23(21,22)11-3-2-8(6-17-11)18-7-10(14(19)20)9-4-5-16-13(15)12(9)18/h2-7H,1H3,(H,19,20). The predicted octanol–water partition coefficient (Wildman–Crippen LogP) is 2.18. The molecule has 23 heavy (non-hydrogen) atoms.